The Labute approximate surface area is 153 Å². The van der Waals surface area contributed by atoms with Crippen molar-refractivity contribution in [1.82, 2.24) is 0 Å². The summed E-state index contributed by atoms with van der Waals surface area (Å²) in [5, 5.41) is 3.38. The van der Waals surface area contributed by atoms with Gasteiger partial charge in [-0.15, -0.1) is 0 Å². The number of carbonyl (C=O) groups excluding carboxylic acids is 2. The summed E-state index contributed by atoms with van der Waals surface area (Å²) in [5.41, 5.74) is 0.316. The van der Waals surface area contributed by atoms with E-state index in [-0.39, 0.29) is 17.3 Å². The van der Waals surface area contributed by atoms with E-state index in [4.69, 9.17) is 16.3 Å². The van der Waals surface area contributed by atoms with E-state index >= 15 is 0 Å². The minimum atomic E-state index is -0.795. The Morgan fingerprint density at radius 3 is 2.12 bits per heavy atom. The van der Waals surface area contributed by atoms with Gasteiger partial charge in [-0.3, -0.25) is 9.59 Å². The van der Waals surface area contributed by atoms with E-state index in [9.17, 15) is 9.59 Å². The highest BCUT2D eigenvalue weighted by molar-refractivity contribution is 6.30. The van der Waals surface area contributed by atoms with E-state index in [0.717, 1.165) is 19.3 Å². The molecular weight excluding hydrogens is 338 g/mol. The van der Waals surface area contributed by atoms with Crippen LogP contribution in [-0.4, -0.2) is 18.0 Å². The van der Waals surface area contributed by atoms with Crippen molar-refractivity contribution in [2.45, 2.75) is 51.6 Å². The number of benzene rings is 1. The van der Waals surface area contributed by atoms with Crippen LogP contribution in [0.4, 0.5) is 5.69 Å². The third kappa shape index (κ3) is 3.29. The lowest BCUT2D eigenvalue weighted by atomic mass is 9.49. The molecule has 0 radical (unpaired) electrons. The molecule has 1 atom stereocenters. The van der Waals surface area contributed by atoms with Gasteiger partial charge in [0.05, 0.1) is 5.41 Å². The van der Waals surface area contributed by atoms with Gasteiger partial charge in [0.25, 0.3) is 5.91 Å². The van der Waals surface area contributed by atoms with Crippen molar-refractivity contribution >= 4 is 29.2 Å². The van der Waals surface area contributed by atoms with Crippen molar-refractivity contribution in [2.24, 2.45) is 23.2 Å². The van der Waals surface area contributed by atoms with Crippen LogP contribution < -0.4 is 5.32 Å². The first-order valence-electron chi connectivity index (χ1n) is 9.21. The van der Waals surface area contributed by atoms with Crippen molar-refractivity contribution in [1.29, 1.82) is 0 Å². The smallest absolute Gasteiger partial charge is 0.312 e. The molecular formula is C20H24ClNO3. The number of halogens is 1. The molecule has 25 heavy (non-hydrogen) atoms. The van der Waals surface area contributed by atoms with Gasteiger partial charge in [0.2, 0.25) is 0 Å². The average Bonchev–Trinajstić information content (AvgIpc) is 2.55. The van der Waals surface area contributed by atoms with Gasteiger partial charge in [0.15, 0.2) is 6.10 Å². The minimum Gasteiger partial charge on any atom is -0.452 e. The maximum atomic E-state index is 12.9. The number of amides is 1. The molecule has 4 aliphatic carbocycles. The molecule has 0 aromatic heterocycles. The molecule has 1 amide bonds. The van der Waals surface area contributed by atoms with Crippen molar-refractivity contribution in [2.75, 3.05) is 5.32 Å². The number of hydrogen-bond acceptors (Lipinski definition) is 3. The highest BCUT2D eigenvalue weighted by atomic mass is 35.5. The Balaban J connectivity index is 1.38. The number of anilines is 1. The predicted molar refractivity (Wildman–Crippen MR) is 96.2 cm³/mol. The van der Waals surface area contributed by atoms with Crippen LogP contribution in [0.3, 0.4) is 0 Å². The number of ether oxygens (including phenoxy) is 1. The lowest BCUT2D eigenvalue weighted by Gasteiger charge is -2.55. The van der Waals surface area contributed by atoms with Crippen LogP contribution in [0.15, 0.2) is 24.3 Å². The first-order valence-corrected chi connectivity index (χ1v) is 9.59. The van der Waals surface area contributed by atoms with E-state index in [0.29, 0.717) is 28.5 Å². The van der Waals surface area contributed by atoms with Crippen molar-refractivity contribution in [3.05, 3.63) is 29.3 Å². The zero-order chi connectivity index (χ0) is 17.6. The Hall–Kier alpha value is -1.55. The number of carbonyl (C=O) groups is 2. The van der Waals surface area contributed by atoms with Crippen LogP contribution in [0.5, 0.6) is 0 Å². The monoisotopic (exact) mass is 361 g/mol. The van der Waals surface area contributed by atoms with Gasteiger partial charge < -0.3 is 10.1 Å². The van der Waals surface area contributed by atoms with Crippen molar-refractivity contribution in [3.8, 4) is 0 Å². The van der Waals surface area contributed by atoms with Gasteiger partial charge >= 0.3 is 5.97 Å². The SMILES string of the molecule is C[C@H](OC(=O)C12CC3CC(CC(C3)C1)C2)C(=O)Nc1ccc(Cl)cc1. The summed E-state index contributed by atoms with van der Waals surface area (Å²) in [5.74, 6) is 1.57. The van der Waals surface area contributed by atoms with Crippen LogP contribution >= 0.6 is 11.6 Å². The molecule has 1 aromatic rings. The fourth-order valence-electron chi connectivity index (χ4n) is 5.48. The molecule has 4 bridgehead atoms. The zero-order valence-corrected chi connectivity index (χ0v) is 15.2. The maximum absolute atomic E-state index is 12.9. The Kier molecular flexibility index (Phi) is 4.27. The predicted octanol–water partition coefficient (Wildman–Crippen LogP) is 4.43. The Bertz CT molecular complexity index is 649. The molecule has 5 heteroatoms. The first kappa shape index (κ1) is 16.9. The molecule has 0 spiro atoms. The lowest BCUT2D eigenvalue weighted by Crippen LogP contribution is -2.51. The van der Waals surface area contributed by atoms with Crippen LogP contribution in [0, 0.1) is 23.2 Å². The average molecular weight is 362 g/mol. The van der Waals surface area contributed by atoms with E-state index in [1.54, 1.807) is 31.2 Å². The summed E-state index contributed by atoms with van der Waals surface area (Å²) < 4.78 is 5.62. The van der Waals surface area contributed by atoms with E-state index < -0.39 is 6.10 Å². The standard InChI is InChI=1S/C20H24ClNO3/c1-12(18(23)22-17-4-2-16(21)3-5-17)25-19(24)20-9-13-6-14(10-20)8-15(7-13)11-20/h2-5,12-15H,6-11H2,1H3,(H,22,23)/t12-,13?,14?,15?,20?/m0/s1. The summed E-state index contributed by atoms with van der Waals surface area (Å²) in [6.45, 7) is 1.64. The summed E-state index contributed by atoms with van der Waals surface area (Å²) >= 11 is 5.85. The maximum Gasteiger partial charge on any atom is 0.312 e. The number of esters is 1. The van der Waals surface area contributed by atoms with Crippen LogP contribution in [-0.2, 0) is 14.3 Å². The molecule has 0 aliphatic heterocycles. The third-order valence-electron chi connectivity index (χ3n) is 6.24. The molecule has 4 aliphatic rings. The normalized spacial score (nSPS) is 33.8. The minimum absolute atomic E-state index is 0.162. The fraction of sp³-hybridized carbons (Fsp3) is 0.600. The summed E-state index contributed by atoms with van der Waals surface area (Å²) in [7, 11) is 0. The van der Waals surface area contributed by atoms with Crippen LogP contribution in [0.25, 0.3) is 0 Å². The van der Waals surface area contributed by atoms with Gasteiger partial charge in [-0.05, 0) is 87.5 Å². The number of nitrogens with one attached hydrogen (secondary N) is 1. The van der Waals surface area contributed by atoms with Gasteiger partial charge in [-0.25, -0.2) is 0 Å². The van der Waals surface area contributed by atoms with Crippen molar-refractivity contribution in [3.63, 3.8) is 0 Å². The number of rotatable bonds is 4. The topological polar surface area (TPSA) is 55.4 Å². The Morgan fingerprint density at radius 1 is 1.08 bits per heavy atom. The largest absolute Gasteiger partial charge is 0.452 e. The zero-order valence-electron chi connectivity index (χ0n) is 14.5. The van der Waals surface area contributed by atoms with Gasteiger partial charge in [-0.1, -0.05) is 11.6 Å². The van der Waals surface area contributed by atoms with E-state index in [1.165, 1.54) is 19.3 Å². The van der Waals surface area contributed by atoms with Crippen LogP contribution in [0.2, 0.25) is 5.02 Å². The molecule has 4 saturated carbocycles. The Morgan fingerprint density at radius 2 is 1.60 bits per heavy atom. The summed E-state index contributed by atoms with van der Waals surface area (Å²) in [6.07, 6.45) is 5.88. The fourth-order valence-corrected chi connectivity index (χ4v) is 5.60. The van der Waals surface area contributed by atoms with Crippen LogP contribution in [0.1, 0.15) is 45.4 Å². The highest BCUT2D eigenvalue weighted by Gasteiger charge is 2.55. The van der Waals surface area contributed by atoms with Gasteiger partial charge in [0, 0.05) is 10.7 Å². The summed E-state index contributed by atoms with van der Waals surface area (Å²) in [4.78, 5) is 25.2. The van der Waals surface area contributed by atoms with Crippen molar-refractivity contribution < 1.29 is 14.3 Å². The second kappa shape index (κ2) is 6.31. The molecule has 0 unspecified atom stereocenters. The molecule has 1 aromatic carbocycles. The molecule has 4 nitrogen and oxygen atoms in total. The van der Waals surface area contributed by atoms with E-state index in [2.05, 4.69) is 5.32 Å². The molecule has 0 heterocycles. The molecule has 5 rings (SSSR count). The molecule has 1 N–H and O–H groups in total. The van der Waals surface area contributed by atoms with E-state index in [1.807, 2.05) is 0 Å². The molecule has 0 saturated heterocycles. The van der Waals surface area contributed by atoms with Gasteiger partial charge in [0.1, 0.15) is 0 Å². The highest BCUT2D eigenvalue weighted by Crippen LogP contribution is 2.60. The first-order chi connectivity index (χ1) is 11.9. The summed E-state index contributed by atoms with van der Waals surface area (Å²) in [6, 6.07) is 6.88. The quantitative estimate of drug-likeness (QED) is 0.807. The second-order valence-corrected chi connectivity index (χ2v) is 8.68. The molecule has 134 valence electrons. The number of hydrogen-bond donors (Lipinski definition) is 1. The van der Waals surface area contributed by atoms with Gasteiger partial charge in [-0.2, -0.15) is 0 Å². The third-order valence-corrected chi connectivity index (χ3v) is 6.49. The lowest BCUT2D eigenvalue weighted by molar-refractivity contribution is -0.177. The second-order valence-electron chi connectivity index (χ2n) is 8.24. The molecule has 4 fully saturated rings.